The number of nitrogens with zero attached hydrogens (tertiary/aromatic N) is 3. The fraction of sp³-hybridized carbons (Fsp3) is 0.345. The Balaban J connectivity index is 1.63. The van der Waals surface area contributed by atoms with Gasteiger partial charge < -0.3 is 23.9 Å². The van der Waals surface area contributed by atoms with Crippen molar-refractivity contribution in [3.63, 3.8) is 0 Å². The highest BCUT2D eigenvalue weighted by Gasteiger charge is 2.28. The minimum absolute atomic E-state index is 0.0516. The van der Waals surface area contributed by atoms with Crippen molar-refractivity contribution < 1.29 is 28.7 Å². The Bertz CT molecular complexity index is 1480. The number of carboxylic acids is 1. The van der Waals surface area contributed by atoms with Gasteiger partial charge in [0.15, 0.2) is 5.75 Å². The maximum Gasteiger partial charge on any atom is 0.324 e. The smallest absolute Gasteiger partial charge is 0.324 e. The Morgan fingerprint density at radius 2 is 1.77 bits per heavy atom. The lowest BCUT2D eigenvalue weighted by molar-refractivity contribution is -0.148. The van der Waals surface area contributed by atoms with Crippen LogP contribution in [-0.4, -0.2) is 51.0 Å². The quantitative estimate of drug-likeness (QED) is 0.261. The molecule has 4 rings (SSSR count). The van der Waals surface area contributed by atoms with E-state index in [4.69, 9.17) is 19.2 Å². The molecule has 0 fully saturated rings. The number of aromatic nitrogens is 3. The molecule has 39 heavy (non-hydrogen) atoms. The maximum atomic E-state index is 13.7. The summed E-state index contributed by atoms with van der Waals surface area (Å²) in [5.41, 5.74) is 3.92. The van der Waals surface area contributed by atoms with E-state index in [0.717, 1.165) is 28.0 Å². The van der Waals surface area contributed by atoms with Crippen molar-refractivity contribution in [2.75, 3.05) is 20.8 Å². The van der Waals surface area contributed by atoms with Crippen LogP contribution in [-0.2, 0) is 28.3 Å². The van der Waals surface area contributed by atoms with Crippen LogP contribution in [0.4, 0.5) is 0 Å². The van der Waals surface area contributed by atoms with Gasteiger partial charge in [0.1, 0.15) is 23.9 Å². The van der Waals surface area contributed by atoms with Gasteiger partial charge >= 0.3 is 11.1 Å². The number of aryl methyl sites for hydroxylation is 1. The second-order valence-corrected chi connectivity index (χ2v) is 11.3. The summed E-state index contributed by atoms with van der Waals surface area (Å²) in [6, 6.07) is 13.0. The number of rotatable bonds is 11. The van der Waals surface area contributed by atoms with Gasteiger partial charge in [0.25, 0.3) is 0 Å². The molecule has 0 aliphatic carbocycles. The lowest BCUT2D eigenvalue weighted by Crippen LogP contribution is -2.30. The van der Waals surface area contributed by atoms with Crippen molar-refractivity contribution in [1.29, 1.82) is 0 Å². The summed E-state index contributed by atoms with van der Waals surface area (Å²) in [5, 5.41) is 9.75. The minimum Gasteiger partial charge on any atom is -0.609 e. The van der Waals surface area contributed by atoms with Crippen molar-refractivity contribution in [1.82, 2.24) is 14.5 Å². The normalized spacial score (nSPS) is 12.4. The molecule has 0 aliphatic rings. The Kier molecular flexibility index (Phi) is 8.36. The van der Waals surface area contributed by atoms with Gasteiger partial charge in [-0.05, 0) is 57.5 Å². The first kappa shape index (κ1) is 28.3. The number of methoxy groups -OCH3 is 2. The standard InChI is InChI=1S/C29H33N3O6S/c1-18-14-30-24(19(2)26(18)37-6)16-39(35)28-31-23-13-22(36-5)11-12-25(23)32(28)15-20-7-9-21(10-8-20)38-17-29(3,4)27(33)34/h7-14H,15-17H2,1-6H3,(H,33,34). The molecule has 1 unspecified atom stereocenters. The second kappa shape index (κ2) is 11.5. The summed E-state index contributed by atoms with van der Waals surface area (Å²) in [6.45, 7) is 7.56. The molecule has 2 aromatic carbocycles. The summed E-state index contributed by atoms with van der Waals surface area (Å²) < 4.78 is 32.3. The molecule has 0 amide bonds. The fourth-order valence-corrected chi connectivity index (χ4v) is 5.42. The molecule has 4 aromatic rings. The molecule has 206 valence electrons. The molecule has 0 saturated heterocycles. The number of benzene rings is 2. The average molecular weight is 552 g/mol. The van der Waals surface area contributed by atoms with Crippen LogP contribution in [0.3, 0.4) is 0 Å². The Morgan fingerprint density at radius 3 is 2.41 bits per heavy atom. The Labute approximate surface area is 230 Å². The third-order valence-electron chi connectivity index (χ3n) is 6.58. The first-order chi connectivity index (χ1) is 18.5. The van der Waals surface area contributed by atoms with E-state index in [0.29, 0.717) is 34.4 Å². The number of aliphatic carboxylic acids is 1. The zero-order chi connectivity index (χ0) is 28.3. The number of pyridine rings is 1. The molecule has 0 bridgehead atoms. The SMILES string of the molecule is COc1ccc2c(c1)nc([S+]([O-])Cc1ncc(C)c(OC)c1C)n2Cc1ccc(OCC(C)(C)C(=O)O)cc1. The predicted octanol–water partition coefficient (Wildman–Crippen LogP) is 4.91. The summed E-state index contributed by atoms with van der Waals surface area (Å²) in [5.74, 6) is 1.25. The molecule has 0 saturated carbocycles. The fourth-order valence-electron chi connectivity index (χ4n) is 4.15. The molecular weight excluding hydrogens is 518 g/mol. The Hall–Kier alpha value is -3.76. The summed E-state index contributed by atoms with van der Waals surface area (Å²) in [6.07, 6.45) is 1.73. The molecule has 10 heteroatoms. The lowest BCUT2D eigenvalue weighted by Gasteiger charge is -2.19. The number of ether oxygens (including phenoxy) is 3. The van der Waals surface area contributed by atoms with E-state index in [9.17, 15) is 14.5 Å². The summed E-state index contributed by atoms with van der Waals surface area (Å²) in [7, 11) is 3.21. The van der Waals surface area contributed by atoms with Gasteiger partial charge in [0.05, 0.1) is 42.9 Å². The molecule has 1 atom stereocenters. The Morgan fingerprint density at radius 1 is 1.08 bits per heavy atom. The monoisotopic (exact) mass is 551 g/mol. The molecule has 0 aliphatic heterocycles. The summed E-state index contributed by atoms with van der Waals surface area (Å²) in [4.78, 5) is 20.6. The van der Waals surface area contributed by atoms with Gasteiger partial charge in [-0.3, -0.25) is 14.3 Å². The van der Waals surface area contributed by atoms with Crippen molar-refractivity contribution in [2.45, 2.75) is 45.1 Å². The maximum absolute atomic E-state index is 13.7. The van der Waals surface area contributed by atoms with E-state index in [2.05, 4.69) is 4.98 Å². The van der Waals surface area contributed by atoms with Gasteiger partial charge in [0, 0.05) is 34.6 Å². The first-order valence-electron chi connectivity index (χ1n) is 12.4. The predicted molar refractivity (Wildman–Crippen MR) is 149 cm³/mol. The van der Waals surface area contributed by atoms with Crippen molar-refractivity contribution >= 4 is 28.2 Å². The van der Waals surface area contributed by atoms with E-state index in [-0.39, 0.29) is 12.4 Å². The van der Waals surface area contributed by atoms with Crippen LogP contribution < -0.4 is 14.2 Å². The topological polar surface area (TPSA) is 119 Å². The van der Waals surface area contributed by atoms with Crippen LogP contribution in [0.5, 0.6) is 17.2 Å². The molecule has 2 heterocycles. The average Bonchev–Trinajstić information content (AvgIpc) is 3.27. The molecule has 9 nitrogen and oxygen atoms in total. The van der Waals surface area contributed by atoms with Crippen molar-refractivity contribution in [3.05, 3.63) is 71.0 Å². The molecule has 0 spiro atoms. The summed E-state index contributed by atoms with van der Waals surface area (Å²) >= 11 is -1.50. The van der Waals surface area contributed by atoms with Crippen LogP contribution in [0.15, 0.2) is 53.8 Å². The third kappa shape index (κ3) is 6.12. The van der Waals surface area contributed by atoms with E-state index < -0.39 is 22.6 Å². The molecular formula is C29H33N3O6S. The van der Waals surface area contributed by atoms with E-state index in [1.807, 2.05) is 48.7 Å². The number of fused-ring (bicyclic) bond motifs is 1. The van der Waals surface area contributed by atoms with Crippen LogP contribution in [0.1, 0.15) is 36.2 Å². The van der Waals surface area contributed by atoms with Gasteiger partial charge in [-0.15, -0.1) is 0 Å². The van der Waals surface area contributed by atoms with Gasteiger partial charge in [0.2, 0.25) is 0 Å². The molecule has 2 aromatic heterocycles. The number of hydrogen-bond acceptors (Lipinski definition) is 7. The largest absolute Gasteiger partial charge is 0.609 e. The molecule has 1 N–H and O–H groups in total. The third-order valence-corrected chi connectivity index (χ3v) is 7.84. The van der Waals surface area contributed by atoms with Crippen LogP contribution in [0.2, 0.25) is 0 Å². The zero-order valence-electron chi connectivity index (χ0n) is 23.0. The van der Waals surface area contributed by atoms with Crippen molar-refractivity contribution in [2.24, 2.45) is 5.41 Å². The zero-order valence-corrected chi connectivity index (χ0v) is 23.8. The van der Waals surface area contributed by atoms with E-state index in [1.165, 1.54) is 0 Å². The minimum atomic E-state index is -1.50. The van der Waals surface area contributed by atoms with Gasteiger partial charge in [-0.25, -0.2) is 0 Å². The van der Waals surface area contributed by atoms with Crippen molar-refractivity contribution in [3.8, 4) is 17.2 Å². The number of imidazole rings is 1. The van der Waals surface area contributed by atoms with E-state index >= 15 is 0 Å². The van der Waals surface area contributed by atoms with Gasteiger partial charge in [-0.1, -0.05) is 12.1 Å². The highest BCUT2D eigenvalue weighted by Crippen LogP contribution is 2.30. The van der Waals surface area contributed by atoms with E-state index in [1.54, 1.807) is 46.4 Å². The number of carbonyl (C=O) groups is 1. The highest BCUT2D eigenvalue weighted by molar-refractivity contribution is 7.90. The highest BCUT2D eigenvalue weighted by atomic mass is 32.2. The molecule has 0 radical (unpaired) electrons. The number of hydrogen-bond donors (Lipinski definition) is 1. The second-order valence-electron chi connectivity index (χ2n) is 9.99. The first-order valence-corrected chi connectivity index (χ1v) is 13.7. The van der Waals surface area contributed by atoms with Crippen LogP contribution in [0, 0.1) is 19.3 Å². The van der Waals surface area contributed by atoms with Crippen LogP contribution in [0.25, 0.3) is 11.0 Å². The lowest BCUT2D eigenvalue weighted by atomic mass is 9.95. The number of carboxylic acid groups (broad SMARTS) is 1. The van der Waals surface area contributed by atoms with Crippen LogP contribution >= 0.6 is 0 Å². The van der Waals surface area contributed by atoms with Gasteiger partial charge in [-0.2, -0.15) is 4.98 Å².